The minimum absolute atomic E-state index is 0.170. The van der Waals surface area contributed by atoms with E-state index in [2.05, 4.69) is 0 Å². The Morgan fingerprint density at radius 1 is 1.00 bits per heavy atom. The molecule has 4 saturated carbocycles. The van der Waals surface area contributed by atoms with Crippen molar-refractivity contribution in [3.8, 4) is 0 Å². The lowest BCUT2D eigenvalue weighted by molar-refractivity contribution is -0.314. The van der Waals surface area contributed by atoms with Gasteiger partial charge < -0.3 is 14.6 Å². The Bertz CT molecular complexity index is 285. The van der Waals surface area contributed by atoms with E-state index in [1.165, 1.54) is 12.8 Å². The van der Waals surface area contributed by atoms with Gasteiger partial charge in [-0.25, -0.2) is 0 Å². The predicted molar refractivity (Wildman–Crippen MR) is 53.1 cm³/mol. The highest BCUT2D eigenvalue weighted by Crippen LogP contribution is 2.60. The van der Waals surface area contributed by atoms with Gasteiger partial charge in [-0.3, -0.25) is 0 Å². The highest BCUT2D eigenvalue weighted by Gasteiger charge is 2.64. The monoisotopic (exact) mass is 210 g/mol. The van der Waals surface area contributed by atoms with Crippen LogP contribution in [0, 0.1) is 23.7 Å². The summed E-state index contributed by atoms with van der Waals surface area (Å²) in [6, 6.07) is 0. The van der Waals surface area contributed by atoms with Crippen molar-refractivity contribution >= 4 is 0 Å². The molecule has 1 saturated heterocycles. The maximum absolute atomic E-state index is 10.3. The standard InChI is InChI=1S/C12H18O3/c13-11-8-3-7-4-9(6-8)12(10(11)5-7)14-1-2-15-12/h7-11,13H,1-6H2/t7-,8+,9-,10+,11-/m0/s1. The van der Waals surface area contributed by atoms with E-state index in [9.17, 15) is 5.11 Å². The third kappa shape index (κ3) is 0.973. The van der Waals surface area contributed by atoms with Crippen LogP contribution in [0.15, 0.2) is 0 Å². The first kappa shape index (κ1) is 8.97. The maximum atomic E-state index is 10.3. The van der Waals surface area contributed by atoms with E-state index in [1.54, 1.807) is 0 Å². The van der Waals surface area contributed by atoms with Crippen molar-refractivity contribution in [2.45, 2.75) is 37.6 Å². The summed E-state index contributed by atoms with van der Waals surface area (Å²) in [5, 5.41) is 10.3. The molecule has 0 aromatic carbocycles. The van der Waals surface area contributed by atoms with Gasteiger partial charge in [0.2, 0.25) is 0 Å². The van der Waals surface area contributed by atoms with Crippen LogP contribution in [0.4, 0.5) is 0 Å². The molecule has 1 aliphatic heterocycles. The Morgan fingerprint density at radius 3 is 2.60 bits per heavy atom. The van der Waals surface area contributed by atoms with E-state index in [-0.39, 0.29) is 17.8 Å². The van der Waals surface area contributed by atoms with Crippen LogP contribution in [0.3, 0.4) is 0 Å². The zero-order valence-corrected chi connectivity index (χ0v) is 8.89. The molecule has 4 aliphatic carbocycles. The average molecular weight is 210 g/mol. The Hall–Kier alpha value is -0.120. The lowest BCUT2D eigenvalue weighted by atomic mass is 9.52. The minimum atomic E-state index is -0.382. The van der Waals surface area contributed by atoms with Crippen molar-refractivity contribution in [1.29, 1.82) is 0 Å². The number of aliphatic hydroxyl groups excluding tert-OH is 1. The SMILES string of the molecule is O[C@H]1[C@@H]2C[C@H]3C[C@@H](C2)C2(OCCO2)[C@@H]1C3. The molecule has 84 valence electrons. The second-order valence-electron chi connectivity index (χ2n) is 5.78. The minimum Gasteiger partial charge on any atom is -0.392 e. The molecule has 3 nitrogen and oxygen atoms in total. The third-order valence-electron chi connectivity index (χ3n) is 5.15. The Balaban J connectivity index is 1.76. The maximum Gasteiger partial charge on any atom is 0.176 e. The summed E-state index contributed by atoms with van der Waals surface area (Å²) in [4.78, 5) is 0. The number of ether oxygens (including phenoxy) is 2. The molecule has 4 bridgehead atoms. The van der Waals surface area contributed by atoms with Gasteiger partial charge in [0.1, 0.15) is 0 Å². The van der Waals surface area contributed by atoms with Crippen LogP contribution >= 0.6 is 0 Å². The molecule has 15 heavy (non-hydrogen) atoms. The first-order valence-corrected chi connectivity index (χ1v) is 6.25. The van der Waals surface area contributed by atoms with Crippen LogP contribution in [-0.4, -0.2) is 30.2 Å². The van der Waals surface area contributed by atoms with Gasteiger partial charge in [-0.15, -0.1) is 0 Å². The molecule has 5 atom stereocenters. The van der Waals surface area contributed by atoms with Crippen molar-refractivity contribution < 1.29 is 14.6 Å². The molecule has 5 aliphatic rings. The van der Waals surface area contributed by atoms with Gasteiger partial charge in [-0.1, -0.05) is 0 Å². The molecule has 0 radical (unpaired) electrons. The number of rotatable bonds is 0. The van der Waals surface area contributed by atoms with Gasteiger partial charge in [-0.05, 0) is 37.5 Å². The second kappa shape index (κ2) is 2.76. The highest BCUT2D eigenvalue weighted by molar-refractivity contribution is 5.08. The first-order chi connectivity index (χ1) is 7.29. The average Bonchev–Trinajstić information content (AvgIpc) is 2.71. The van der Waals surface area contributed by atoms with E-state index in [0.717, 1.165) is 32.0 Å². The van der Waals surface area contributed by atoms with Crippen molar-refractivity contribution in [2.24, 2.45) is 23.7 Å². The number of aliphatic hydroxyl groups is 1. The van der Waals surface area contributed by atoms with Crippen LogP contribution in [-0.2, 0) is 9.47 Å². The fraction of sp³-hybridized carbons (Fsp3) is 1.00. The summed E-state index contributed by atoms with van der Waals surface area (Å²) >= 11 is 0. The van der Waals surface area contributed by atoms with E-state index >= 15 is 0 Å². The lowest BCUT2D eigenvalue weighted by Crippen LogP contribution is -2.64. The van der Waals surface area contributed by atoms with Crippen LogP contribution < -0.4 is 0 Å². The normalized spacial score (nSPS) is 55.4. The Labute approximate surface area is 89.8 Å². The topological polar surface area (TPSA) is 38.7 Å². The molecule has 0 unspecified atom stereocenters. The van der Waals surface area contributed by atoms with E-state index < -0.39 is 0 Å². The number of hydrogen-bond acceptors (Lipinski definition) is 3. The summed E-state index contributed by atoms with van der Waals surface area (Å²) in [7, 11) is 0. The molecular weight excluding hydrogens is 192 g/mol. The molecule has 3 heteroatoms. The molecule has 0 aromatic rings. The van der Waals surface area contributed by atoms with Crippen LogP contribution in [0.1, 0.15) is 25.7 Å². The summed E-state index contributed by atoms with van der Waals surface area (Å²) in [6.45, 7) is 1.43. The molecule has 1 N–H and O–H groups in total. The zero-order chi connectivity index (χ0) is 10.0. The lowest BCUT2D eigenvalue weighted by Gasteiger charge is -2.60. The van der Waals surface area contributed by atoms with Gasteiger partial charge >= 0.3 is 0 Å². The molecule has 1 spiro atoms. The second-order valence-corrected chi connectivity index (χ2v) is 5.78. The van der Waals surface area contributed by atoms with Crippen LogP contribution in [0.5, 0.6) is 0 Å². The van der Waals surface area contributed by atoms with Crippen LogP contribution in [0.25, 0.3) is 0 Å². The molecule has 5 rings (SSSR count). The van der Waals surface area contributed by atoms with E-state index in [1.807, 2.05) is 0 Å². The third-order valence-corrected chi connectivity index (χ3v) is 5.15. The largest absolute Gasteiger partial charge is 0.392 e. The Morgan fingerprint density at radius 2 is 1.80 bits per heavy atom. The fourth-order valence-corrected chi connectivity index (χ4v) is 4.71. The molecular formula is C12H18O3. The smallest absolute Gasteiger partial charge is 0.176 e. The van der Waals surface area contributed by atoms with Crippen LogP contribution in [0.2, 0.25) is 0 Å². The van der Waals surface area contributed by atoms with Crippen molar-refractivity contribution in [3.63, 3.8) is 0 Å². The number of hydrogen-bond donors (Lipinski definition) is 1. The van der Waals surface area contributed by atoms with Gasteiger partial charge in [-0.2, -0.15) is 0 Å². The summed E-state index contributed by atoms with van der Waals surface area (Å²) in [6.07, 6.45) is 4.57. The molecule has 0 aromatic heterocycles. The van der Waals surface area contributed by atoms with Gasteiger partial charge in [0, 0.05) is 11.8 Å². The summed E-state index contributed by atoms with van der Waals surface area (Å²) in [5.74, 6) is 1.81. The summed E-state index contributed by atoms with van der Waals surface area (Å²) < 4.78 is 11.8. The quantitative estimate of drug-likeness (QED) is 0.652. The molecule has 0 amide bonds. The van der Waals surface area contributed by atoms with E-state index in [0.29, 0.717) is 11.8 Å². The van der Waals surface area contributed by atoms with Gasteiger partial charge in [0.15, 0.2) is 5.79 Å². The zero-order valence-electron chi connectivity index (χ0n) is 8.89. The first-order valence-electron chi connectivity index (χ1n) is 6.25. The fourth-order valence-electron chi connectivity index (χ4n) is 4.71. The van der Waals surface area contributed by atoms with Crippen molar-refractivity contribution in [1.82, 2.24) is 0 Å². The van der Waals surface area contributed by atoms with Gasteiger partial charge in [0.25, 0.3) is 0 Å². The molecule has 1 heterocycles. The van der Waals surface area contributed by atoms with Crippen molar-refractivity contribution in [2.75, 3.05) is 13.2 Å². The Kier molecular flexibility index (Phi) is 1.65. The van der Waals surface area contributed by atoms with E-state index in [4.69, 9.17) is 9.47 Å². The van der Waals surface area contributed by atoms with Gasteiger partial charge in [0.05, 0.1) is 19.3 Å². The highest BCUT2D eigenvalue weighted by atomic mass is 16.7. The summed E-state index contributed by atoms with van der Waals surface area (Å²) in [5.41, 5.74) is 0. The molecule has 5 fully saturated rings. The predicted octanol–water partition coefficient (Wildman–Crippen LogP) is 1.16. The van der Waals surface area contributed by atoms with Crippen molar-refractivity contribution in [3.05, 3.63) is 0 Å².